The van der Waals surface area contributed by atoms with Crippen molar-refractivity contribution in [3.8, 4) is 0 Å². The van der Waals surface area contributed by atoms with Crippen molar-refractivity contribution in [2.45, 2.75) is 18.2 Å². The SMILES string of the molecule is CCC(Br)C(=O)c1ccc(F)c([N+](=O)[O-])c1. The molecule has 0 bridgehead atoms. The Balaban J connectivity index is 3.13. The first-order valence-corrected chi connectivity index (χ1v) is 5.51. The average Bonchev–Trinajstić information content (AvgIpc) is 2.27. The Kier molecular flexibility index (Phi) is 4.12. The number of benzene rings is 1. The number of rotatable bonds is 4. The summed E-state index contributed by atoms with van der Waals surface area (Å²) in [6.07, 6.45) is 0.560. The van der Waals surface area contributed by atoms with Gasteiger partial charge < -0.3 is 0 Å². The first-order valence-electron chi connectivity index (χ1n) is 4.59. The van der Waals surface area contributed by atoms with Crippen LogP contribution in [0.3, 0.4) is 0 Å². The summed E-state index contributed by atoms with van der Waals surface area (Å²) in [6, 6.07) is 3.14. The third-order valence-electron chi connectivity index (χ3n) is 2.07. The van der Waals surface area contributed by atoms with Crippen molar-refractivity contribution in [2.24, 2.45) is 0 Å². The quantitative estimate of drug-likeness (QED) is 0.370. The Bertz CT molecular complexity index is 436. The summed E-state index contributed by atoms with van der Waals surface area (Å²) in [4.78, 5) is 20.9. The minimum Gasteiger partial charge on any atom is -0.293 e. The average molecular weight is 290 g/mol. The smallest absolute Gasteiger partial charge is 0.293 e. The number of hydrogen-bond donors (Lipinski definition) is 0. The van der Waals surface area contributed by atoms with E-state index in [9.17, 15) is 19.3 Å². The topological polar surface area (TPSA) is 60.2 Å². The Morgan fingerprint density at radius 2 is 2.25 bits per heavy atom. The summed E-state index contributed by atoms with van der Waals surface area (Å²) >= 11 is 3.15. The third-order valence-corrected chi connectivity index (χ3v) is 3.13. The van der Waals surface area contributed by atoms with Crippen molar-refractivity contribution in [1.82, 2.24) is 0 Å². The number of nitro groups is 1. The van der Waals surface area contributed by atoms with Gasteiger partial charge in [0.2, 0.25) is 5.82 Å². The molecular weight excluding hydrogens is 281 g/mol. The standard InChI is InChI=1S/C10H9BrFNO3/c1-2-7(11)10(14)6-3-4-8(12)9(5-6)13(15)16/h3-5,7H,2H2,1H3. The van der Waals surface area contributed by atoms with Gasteiger partial charge in [-0.15, -0.1) is 0 Å². The van der Waals surface area contributed by atoms with E-state index in [2.05, 4.69) is 15.9 Å². The fourth-order valence-electron chi connectivity index (χ4n) is 1.17. The van der Waals surface area contributed by atoms with Gasteiger partial charge in [0.05, 0.1) is 9.75 Å². The summed E-state index contributed by atoms with van der Waals surface area (Å²) in [5.41, 5.74) is -0.543. The maximum Gasteiger partial charge on any atom is 0.305 e. The molecule has 0 aromatic heterocycles. The predicted molar refractivity (Wildman–Crippen MR) is 60.4 cm³/mol. The zero-order chi connectivity index (χ0) is 12.3. The first kappa shape index (κ1) is 12.8. The fourth-order valence-corrected chi connectivity index (χ4v) is 1.44. The second-order valence-electron chi connectivity index (χ2n) is 3.16. The molecule has 16 heavy (non-hydrogen) atoms. The number of nitrogens with zero attached hydrogens (tertiary/aromatic N) is 1. The largest absolute Gasteiger partial charge is 0.305 e. The summed E-state index contributed by atoms with van der Waals surface area (Å²) in [6.45, 7) is 1.80. The highest BCUT2D eigenvalue weighted by molar-refractivity contribution is 9.10. The molecule has 4 nitrogen and oxygen atoms in total. The molecule has 1 unspecified atom stereocenters. The van der Waals surface area contributed by atoms with Gasteiger partial charge >= 0.3 is 5.69 Å². The van der Waals surface area contributed by atoms with Crippen molar-refractivity contribution < 1.29 is 14.1 Å². The normalized spacial score (nSPS) is 12.2. The van der Waals surface area contributed by atoms with E-state index in [0.29, 0.717) is 6.42 Å². The lowest BCUT2D eigenvalue weighted by Crippen LogP contribution is -2.13. The molecule has 0 N–H and O–H groups in total. The molecule has 1 atom stereocenters. The van der Waals surface area contributed by atoms with Gasteiger partial charge in [0.1, 0.15) is 0 Å². The number of hydrogen-bond acceptors (Lipinski definition) is 3. The maximum atomic E-state index is 13.0. The molecule has 0 heterocycles. The van der Waals surface area contributed by atoms with Crippen LogP contribution in [0.4, 0.5) is 10.1 Å². The molecule has 1 aromatic rings. The highest BCUT2D eigenvalue weighted by Gasteiger charge is 2.20. The molecule has 1 aromatic carbocycles. The zero-order valence-electron chi connectivity index (χ0n) is 8.44. The molecule has 0 spiro atoms. The number of carbonyl (C=O) groups is 1. The monoisotopic (exact) mass is 289 g/mol. The Morgan fingerprint density at radius 1 is 1.62 bits per heavy atom. The molecule has 0 saturated heterocycles. The predicted octanol–water partition coefficient (Wildman–Crippen LogP) is 3.09. The van der Waals surface area contributed by atoms with E-state index >= 15 is 0 Å². The minimum absolute atomic E-state index is 0.136. The maximum absolute atomic E-state index is 13.0. The Morgan fingerprint density at radius 3 is 2.75 bits per heavy atom. The van der Waals surface area contributed by atoms with Gasteiger partial charge in [-0.2, -0.15) is 4.39 Å². The van der Waals surface area contributed by atoms with Gasteiger partial charge in [-0.25, -0.2) is 0 Å². The van der Waals surface area contributed by atoms with Crippen LogP contribution < -0.4 is 0 Å². The minimum atomic E-state index is -0.941. The zero-order valence-corrected chi connectivity index (χ0v) is 10.0. The fraction of sp³-hybridized carbons (Fsp3) is 0.300. The third kappa shape index (κ3) is 2.63. The molecule has 0 aliphatic heterocycles. The van der Waals surface area contributed by atoms with Gasteiger partial charge in [0.25, 0.3) is 0 Å². The number of halogens is 2. The Labute approximate surface area is 99.7 Å². The number of carbonyl (C=O) groups excluding carboxylic acids is 1. The van der Waals surface area contributed by atoms with Gasteiger partial charge in [-0.05, 0) is 18.6 Å². The van der Waals surface area contributed by atoms with E-state index in [1.165, 1.54) is 6.07 Å². The van der Waals surface area contributed by atoms with E-state index in [1.807, 2.05) is 0 Å². The molecule has 0 aliphatic carbocycles. The van der Waals surface area contributed by atoms with Gasteiger partial charge in [0.15, 0.2) is 5.78 Å². The van der Waals surface area contributed by atoms with Gasteiger partial charge in [0, 0.05) is 11.6 Å². The van der Waals surface area contributed by atoms with E-state index in [4.69, 9.17) is 0 Å². The second-order valence-corrected chi connectivity index (χ2v) is 4.27. The van der Waals surface area contributed by atoms with Crippen LogP contribution in [-0.2, 0) is 0 Å². The summed E-state index contributed by atoms with van der Waals surface area (Å²) < 4.78 is 13.0. The molecule has 0 radical (unpaired) electrons. The number of alkyl halides is 1. The lowest BCUT2D eigenvalue weighted by molar-refractivity contribution is -0.387. The number of ketones is 1. The molecule has 0 saturated carbocycles. The molecule has 0 aliphatic rings. The van der Waals surface area contributed by atoms with Crippen molar-refractivity contribution in [3.63, 3.8) is 0 Å². The Hall–Kier alpha value is -1.30. The van der Waals surface area contributed by atoms with Crippen LogP contribution >= 0.6 is 15.9 Å². The van der Waals surface area contributed by atoms with E-state index < -0.39 is 21.3 Å². The molecule has 6 heteroatoms. The van der Waals surface area contributed by atoms with Crippen molar-refractivity contribution in [2.75, 3.05) is 0 Å². The number of Topliss-reactive ketones (excluding diaryl/α,β-unsaturated/α-hetero) is 1. The summed E-state index contributed by atoms with van der Waals surface area (Å²) in [5.74, 6) is -1.23. The van der Waals surface area contributed by atoms with Gasteiger partial charge in [-0.3, -0.25) is 14.9 Å². The lowest BCUT2D eigenvalue weighted by atomic mass is 10.1. The van der Waals surface area contributed by atoms with Crippen molar-refractivity contribution in [3.05, 3.63) is 39.7 Å². The first-order chi connectivity index (χ1) is 7.47. The lowest BCUT2D eigenvalue weighted by Gasteiger charge is -2.05. The van der Waals surface area contributed by atoms with Crippen molar-refractivity contribution in [1.29, 1.82) is 0 Å². The van der Waals surface area contributed by atoms with Crippen LogP contribution in [0.1, 0.15) is 23.7 Å². The van der Waals surface area contributed by atoms with Crippen LogP contribution in [-0.4, -0.2) is 15.5 Å². The molecule has 1 rings (SSSR count). The molecule has 0 amide bonds. The van der Waals surface area contributed by atoms with Gasteiger partial charge in [-0.1, -0.05) is 22.9 Å². The van der Waals surface area contributed by atoms with Crippen LogP contribution in [0.15, 0.2) is 18.2 Å². The molecule has 0 fully saturated rings. The molecule has 86 valence electrons. The van der Waals surface area contributed by atoms with E-state index in [1.54, 1.807) is 6.92 Å². The number of nitro benzene ring substituents is 1. The highest BCUT2D eigenvalue weighted by Crippen LogP contribution is 2.21. The second kappa shape index (κ2) is 5.16. The van der Waals surface area contributed by atoms with E-state index in [0.717, 1.165) is 12.1 Å². The molecular formula is C10H9BrFNO3. The van der Waals surface area contributed by atoms with Crippen LogP contribution in [0.2, 0.25) is 0 Å². The van der Waals surface area contributed by atoms with Crippen LogP contribution in [0.5, 0.6) is 0 Å². The van der Waals surface area contributed by atoms with Crippen LogP contribution in [0, 0.1) is 15.9 Å². The van der Waals surface area contributed by atoms with Crippen molar-refractivity contribution >= 4 is 27.4 Å². The highest BCUT2D eigenvalue weighted by atomic mass is 79.9. The summed E-state index contributed by atoms with van der Waals surface area (Å²) in [5, 5.41) is 10.5. The van der Waals surface area contributed by atoms with E-state index in [-0.39, 0.29) is 11.3 Å². The summed E-state index contributed by atoms with van der Waals surface area (Å²) in [7, 11) is 0. The van der Waals surface area contributed by atoms with Crippen LogP contribution in [0.25, 0.3) is 0 Å².